The van der Waals surface area contributed by atoms with Crippen LogP contribution in [0.4, 0.5) is 0 Å². The lowest BCUT2D eigenvalue weighted by molar-refractivity contribution is -0.137. The van der Waals surface area contributed by atoms with E-state index in [4.69, 9.17) is 5.11 Å². The summed E-state index contributed by atoms with van der Waals surface area (Å²) in [6, 6.07) is 0. The summed E-state index contributed by atoms with van der Waals surface area (Å²) in [6.45, 7) is 1.74. The summed E-state index contributed by atoms with van der Waals surface area (Å²) in [5.74, 6) is -1.32. The Bertz CT molecular complexity index is 273. The number of hydrogen-bond acceptors (Lipinski definition) is 3. The maximum absolute atomic E-state index is 11.3. The van der Waals surface area contributed by atoms with Crippen LogP contribution < -0.4 is 0 Å². The van der Waals surface area contributed by atoms with E-state index < -0.39 is 5.97 Å². The van der Waals surface area contributed by atoms with Crippen LogP contribution in [0.3, 0.4) is 0 Å². The third-order valence-electron chi connectivity index (χ3n) is 2.08. The van der Waals surface area contributed by atoms with Crippen molar-refractivity contribution in [2.75, 3.05) is 7.05 Å². The summed E-state index contributed by atoms with van der Waals surface area (Å²) in [6.07, 6.45) is 0.352. The van der Waals surface area contributed by atoms with E-state index in [2.05, 4.69) is 5.10 Å². The molecule has 1 heterocycles. The number of hydrazone groups is 1. The highest BCUT2D eigenvalue weighted by Gasteiger charge is 2.30. The van der Waals surface area contributed by atoms with Crippen LogP contribution in [0.25, 0.3) is 0 Å². The van der Waals surface area contributed by atoms with Crippen molar-refractivity contribution < 1.29 is 14.7 Å². The van der Waals surface area contributed by atoms with Gasteiger partial charge in [-0.2, -0.15) is 5.10 Å². The smallest absolute Gasteiger partial charge is 0.303 e. The van der Waals surface area contributed by atoms with Crippen LogP contribution in [0.5, 0.6) is 0 Å². The molecule has 0 fully saturated rings. The molecule has 1 atom stereocenters. The largest absolute Gasteiger partial charge is 0.481 e. The highest BCUT2D eigenvalue weighted by atomic mass is 16.4. The van der Waals surface area contributed by atoms with Crippen LogP contribution in [0.1, 0.15) is 19.8 Å². The number of rotatable bonds is 3. The standard InChI is InChI=1S/C8H12N2O3/c1-5-6(3-4-7(11)12)8(13)10(2)9-5/h6H,3-4H2,1-2H3,(H,11,12)/t6-/m1/s1. The molecule has 1 aliphatic heterocycles. The fourth-order valence-corrected chi connectivity index (χ4v) is 1.36. The van der Waals surface area contributed by atoms with Gasteiger partial charge in [0.25, 0.3) is 5.91 Å². The predicted octanol–water partition coefficient (Wildman–Crippen LogP) is 0.315. The SMILES string of the molecule is CC1=NN(C)C(=O)[C@@H]1CCC(=O)O. The van der Waals surface area contributed by atoms with Crippen LogP contribution in [0, 0.1) is 5.92 Å². The molecule has 0 saturated heterocycles. The second-order valence-corrected chi connectivity index (χ2v) is 3.09. The van der Waals surface area contributed by atoms with Crippen LogP contribution in [0.2, 0.25) is 0 Å². The zero-order valence-electron chi connectivity index (χ0n) is 7.65. The molecule has 13 heavy (non-hydrogen) atoms. The lowest BCUT2D eigenvalue weighted by Crippen LogP contribution is -2.24. The van der Waals surface area contributed by atoms with Crippen molar-refractivity contribution in [2.45, 2.75) is 19.8 Å². The van der Waals surface area contributed by atoms with Gasteiger partial charge >= 0.3 is 5.97 Å². The Morgan fingerprint density at radius 2 is 2.31 bits per heavy atom. The van der Waals surface area contributed by atoms with Gasteiger partial charge in [0.15, 0.2) is 0 Å². The number of hydrogen-bond donors (Lipinski definition) is 1. The van der Waals surface area contributed by atoms with Gasteiger partial charge < -0.3 is 5.11 Å². The fourth-order valence-electron chi connectivity index (χ4n) is 1.36. The van der Waals surface area contributed by atoms with Crippen molar-refractivity contribution in [3.8, 4) is 0 Å². The van der Waals surface area contributed by atoms with Crippen LogP contribution in [-0.2, 0) is 9.59 Å². The van der Waals surface area contributed by atoms with Crippen molar-refractivity contribution >= 4 is 17.6 Å². The molecule has 1 N–H and O–H groups in total. The zero-order chi connectivity index (χ0) is 10.0. The van der Waals surface area contributed by atoms with Gasteiger partial charge in [-0.3, -0.25) is 9.59 Å². The quantitative estimate of drug-likeness (QED) is 0.686. The second kappa shape index (κ2) is 3.55. The molecule has 1 rings (SSSR count). The Labute approximate surface area is 76.0 Å². The van der Waals surface area contributed by atoms with Crippen LogP contribution >= 0.6 is 0 Å². The Morgan fingerprint density at radius 3 is 2.69 bits per heavy atom. The van der Waals surface area contributed by atoms with E-state index in [0.29, 0.717) is 12.1 Å². The number of carboxylic acids is 1. The first kappa shape index (κ1) is 9.70. The molecular weight excluding hydrogens is 172 g/mol. The van der Waals surface area contributed by atoms with Crippen molar-refractivity contribution in [1.82, 2.24) is 5.01 Å². The van der Waals surface area contributed by atoms with Gasteiger partial charge in [0.2, 0.25) is 0 Å². The minimum atomic E-state index is -0.879. The van der Waals surface area contributed by atoms with Gasteiger partial charge in [-0.05, 0) is 13.3 Å². The lowest BCUT2D eigenvalue weighted by atomic mass is 9.99. The lowest BCUT2D eigenvalue weighted by Gasteiger charge is -2.07. The third-order valence-corrected chi connectivity index (χ3v) is 2.08. The topological polar surface area (TPSA) is 70.0 Å². The molecule has 0 aromatic carbocycles. The summed E-state index contributed by atoms with van der Waals surface area (Å²) < 4.78 is 0. The van der Waals surface area contributed by atoms with Gasteiger partial charge in [0, 0.05) is 19.2 Å². The maximum Gasteiger partial charge on any atom is 0.303 e. The van der Waals surface area contributed by atoms with Crippen LogP contribution in [0.15, 0.2) is 5.10 Å². The van der Waals surface area contributed by atoms with E-state index in [0.717, 1.165) is 0 Å². The molecular formula is C8H12N2O3. The second-order valence-electron chi connectivity index (χ2n) is 3.09. The summed E-state index contributed by atoms with van der Waals surface area (Å²) >= 11 is 0. The Balaban J connectivity index is 2.56. The molecule has 0 saturated carbocycles. The molecule has 0 bridgehead atoms. The molecule has 0 radical (unpaired) electrons. The fraction of sp³-hybridized carbons (Fsp3) is 0.625. The molecule has 5 heteroatoms. The van der Waals surface area contributed by atoms with E-state index in [9.17, 15) is 9.59 Å². The number of nitrogens with zero attached hydrogens (tertiary/aromatic N) is 2. The number of amides is 1. The van der Waals surface area contributed by atoms with Crippen LogP contribution in [-0.4, -0.2) is 34.8 Å². The average Bonchev–Trinajstić information content (AvgIpc) is 2.24. The molecule has 0 unspecified atom stereocenters. The first-order valence-corrected chi connectivity index (χ1v) is 4.07. The average molecular weight is 184 g/mol. The Morgan fingerprint density at radius 1 is 1.69 bits per heavy atom. The highest BCUT2D eigenvalue weighted by molar-refractivity contribution is 6.06. The number of carbonyl (C=O) groups excluding carboxylic acids is 1. The Kier molecular flexibility index (Phi) is 2.65. The number of aliphatic carboxylic acids is 1. The summed E-state index contributed by atoms with van der Waals surface area (Å²) in [7, 11) is 1.58. The Hall–Kier alpha value is -1.39. The number of carboxylic acid groups (broad SMARTS) is 1. The minimum Gasteiger partial charge on any atom is -0.481 e. The first-order chi connectivity index (χ1) is 6.02. The monoisotopic (exact) mass is 184 g/mol. The predicted molar refractivity (Wildman–Crippen MR) is 46.2 cm³/mol. The molecule has 5 nitrogen and oxygen atoms in total. The molecule has 0 aromatic rings. The van der Waals surface area contributed by atoms with Crippen molar-refractivity contribution in [3.63, 3.8) is 0 Å². The van der Waals surface area contributed by atoms with Gasteiger partial charge in [0.05, 0.1) is 5.92 Å². The molecule has 0 spiro atoms. The molecule has 72 valence electrons. The maximum atomic E-state index is 11.3. The van der Waals surface area contributed by atoms with Gasteiger partial charge in [-0.25, -0.2) is 5.01 Å². The summed E-state index contributed by atoms with van der Waals surface area (Å²) in [4.78, 5) is 21.6. The highest BCUT2D eigenvalue weighted by Crippen LogP contribution is 2.18. The summed E-state index contributed by atoms with van der Waals surface area (Å²) in [5.41, 5.74) is 0.703. The van der Waals surface area contributed by atoms with Gasteiger partial charge in [-0.1, -0.05) is 0 Å². The third kappa shape index (κ3) is 2.05. The summed E-state index contributed by atoms with van der Waals surface area (Å²) in [5, 5.41) is 13.7. The molecule has 1 aliphatic rings. The molecule has 1 amide bonds. The number of carbonyl (C=O) groups is 2. The molecule has 0 aliphatic carbocycles. The molecule has 0 aromatic heterocycles. The zero-order valence-corrected chi connectivity index (χ0v) is 7.65. The van der Waals surface area contributed by atoms with Gasteiger partial charge in [0.1, 0.15) is 0 Å². The van der Waals surface area contributed by atoms with Crippen molar-refractivity contribution in [3.05, 3.63) is 0 Å². The van der Waals surface area contributed by atoms with Crippen molar-refractivity contribution in [2.24, 2.45) is 11.0 Å². The van der Waals surface area contributed by atoms with Gasteiger partial charge in [-0.15, -0.1) is 0 Å². The minimum absolute atomic E-state index is 0.0110. The first-order valence-electron chi connectivity index (χ1n) is 4.07. The van der Waals surface area contributed by atoms with E-state index >= 15 is 0 Å². The normalized spacial score (nSPS) is 22.0. The van der Waals surface area contributed by atoms with Crippen molar-refractivity contribution in [1.29, 1.82) is 0 Å². The van der Waals surface area contributed by atoms with E-state index in [1.165, 1.54) is 5.01 Å². The van der Waals surface area contributed by atoms with E-state index in [1.807, 2.05) is 0 Å². The van der Waals surface area contributed by atoms with E-state index in [-0.39, 0.29) is 18.2 Å². The van der Waals surface area contributed by atoms with E-state index in [1.54, 1.807) is 14.0 Å².